The van der Waals surface area contributed by atoms with Crippen LogP contribution in [-0.2, 0) is 0 Å². The smallest absolute Gasteiger partial charge is 0.0914 e. The number of nitrogens with one attached hydrogen (secondary N) is 1. The third-order valence-electron chi connectivity index (χ3n) is 3.77. The summed E-state index contributed by atoms with van der Waals surface area (Å²) in [5.41, 5.74) is 1.39. The van der Waals surface area contributed by atoms with Crippen LogP contribution in [0.5, 0.6) is 0 Å². The van der Waals surface area contributed by atoms with Crippen LogP contribution in [0.25, 0.3) is 6.08 Å². The van der Waals surface area contributed by atoms with Crippen molar-refractivity contribution in [2.75, 3.05) is 25.0 Å². The van der Waals surface area contributed by atoms with Crippen molar-refractivity contribution in [3.8, 4) is 0 Å². The minimum absolute atomic E-state index is 0.450. The van der Waals surface area contributed by atoms with Gasteiger partial charge in [-0.05, 0) is 58.4 Å². The molecule has 0 amide bonds. The highest BCUT2D eigenvalue weighted by atomic mass is 32.1. The zero-order valence-electron chi connectivity index (χ0n) is 11.7. The number of likely N-dealkylation sites (N-methyl/N-ethyl adjacent to an activating group) is 1. The van der Waals surface area contributed by atoms with Crippen LogP contribution < -0.4 is 10.2 Å². The Morgan fingerprint density at radius 1 is 1.33 bits per heavy atom. The van der Waals surface area contributed by atoms with Gasteiger partial charge in [-0.2, -0.15) is 0 Å². The van der Waals surface area contributed by atoms with Gasteiger partial charge in [-0.1, -0.05) is 5.57 Å². The van der Waals surface area contributed by atoms with Gasteiger partial charge in [-0.3, -0.25) is 0 Å². The van der Waals surface area contributed by atoms with Gasteiger partial charge in [0, 0.05) is 24.0 Å². The van der Waals surface area contributed by atoms with E-state index >= 15 is 0 Å². The Hall–Kier alpha value is -0.800. The van der Waals surface area contributed by atoms with Crippen molar-refractivity contribution in [3.63, 3.8) is 0 Å². The summed E-state index contributed by atoms with van der Waals surface area (Å²) in [5, 5.41) is 4.72. The van der Waals surface area contributed by atoms with Gasteiger partial charge in [0.05, 0.1) is 5.00 Å². The lowest BCUT2D eigenvalue weighted by Crippen LogP contribution is -2.28. The molecule has 1 atom stereocenters. The van der Waals surface area contributed by atoms with Crippen LogP contribution >= 0.6 is 11.3 Å². The van der Waals surface area contributed by atoms with E-state index in [-0.39, 0.29) is 0 Å². The van der Waals surface area contributed by atoms with E-state index in [1.54, 1.807) is 0 Å². The lowest BCUT2D eigenvalue weighted by atomic mass is 10.1. The second-order valence-electron chi connectivity index (χ2n) is 5.12. The SMILES string of the molecule is CNC(C)/C(C)=C/c1ccc(N2CCCCC2)s1. The predicted molar refractivity (Wildman–Crippen MR) is 82.6 cm³/mol. The maximum absolute atomic E-state index is 3.28. The summed E-state index contributed by atoms with van der Waals surface area (Å²) in [6, 6.07) is 4.98. The summed E-state index contributed by atoms with van der Waals surface area (Å²) in [4.78, 5) is 3.90. The van der Waals surface area contributed by atoms with Crippen LogP contribution in [0.4, 0.5) is 5.00 Å². The Kier molecular flexibility index (Phi) is 4.84. The van der Waals surface area contributed by atoms with Crippen molar-refractivity contribution >= 4 is 22.4 Å². The molecule has 3 heteroatoms. The second-order valence-corrected chi connectivity index (χ2v) is 6.22. The molecule has 1 fully saturated rings. The Morgan fingerprint density at radius 3 is 2.72 bits per heavy atom. The summed E-state index contributed by atoms with van der Waals surface area (Å²) >= 11 is 1.92. The molecule has 0 spiro atoms. The molecule has 1 aliphatic heterocycles. The molecular formula is C15H24N2S. The highest BCUT2D eigenvalue weighted by molar-refractivity contribution is 7.16. The van der Waals surface area contributed by atoms with Crippen LogP contribution in [0.2, 0.25) is 0 Å². The predicted octanol–water partition coefficient (Wildman–Crippen LogP) is 3.75. The van der Waals surface area contributed by atoms with Gasteiger partial charge in [0.2, 0.25) is 0 Å². The van der Waals surface area contributed by atoms with Crippen LogP contribution in [0.3, 0.4) is 0 Å². The average molecular weight is 264 g/mol. The number of piperidine rings is 1. The van der Waals surface area contributed by atoms with Crippen LogP contribution in [0.15, 0.2) is 17.7 Å². The lowest BCUT2D eigenvalue weighted by molar-refractivity contribution is 0.580. The first-order chi connectivity index (χ1) is 8.70. The molecular weight excluding hydrogens is 240 g/mol. The Bertz CT molecular complexity index is 402. The van der Waals surface area contributed by atoms with E-state index in [9.17, 15) is 0 Å². The standard InChI is InChI=1S/C15H24N2S/c1-12(13(2)16-3)11-14-7-8-15(18-14)17-9-5-4-6-10-17/h7-8,11,13,16H,4-6,9-10H2,1-3H3/b12-11+. The third-order valence-corrected chi connectivity index (χ3v) is 4.86. The maximum Gasteiger partial charge on any atom is 0.0914 e. The molecule has 100 valence electrons. The molecule has 0 saturated carbocycles. The van der Waals surface area contributed by atoms with E-state index in [1.807, 2.05) is 18.4 Å². The van der Waals surface area contributed by atoms with Crippen molar-refractivity contribution < 1.29 is 0 Å². The zero-order chi connectivity index (χ0) is 13.0. The number of thiophene rings is 1. The Balaban J connectivity index is 2.05. The lowest BCUT2D eigenvalue weighted by Gasteiger charge is -2.27. The van der Waals surface area contributed by atoms with Gasteiger partial charge in [0.15, 0.2) is 0 Å². The molecule has 1 aromatic rings. The van der Waals surface area contributed by atoms with Crippen LogP contribution in [-0.4, -0.2) is 26.2 Å². The molecule has 0 radical (unpaired) electrons. The van der Waals surface area contributed by atoms with Gasteiger partial charge in [-0.15, -0.1) is 11.3 Å². The number of anilines is 1. The largest absolute Gasteiger partial charge is 0.363 e. The van der Waals surface area contributed by atoms with E-state index in [4.69, 9.17) is 0 Å². The minimum atomic E-state index is 0.450. The van der Waals surface area contributed by atoms with Crippen molar-refractivity contribution in [1.29, 1.82) is 0 Å². The fourth-order valence-corrected chi connectivity index (χ4v) is 3.35. The summed E-state index contributed by atoms with van der Waals surface area (Å²) in [6.45, 7) is 6.86. The molecule has 2 heterocycles. The molecule has 2 rings (SSSR count). The monoisotopic (exact) mass is 264 g/mol. The molecule has 2 nitrogen and oxygen atoms in total. The molecule has 18 heavy (non-hydrogen) atoms. The van der Waals surface area contributed by atoms with E-state index in [0.717, 1.165) is 0 Å². The third kappa shape index (κ3) is 3.36. The van der Waals surface area contributed by atoms with Gasteiger partial charge in [0.1, 0.15) is 0 Å². The number of hydrogen-bond donors (Lipinski definition) is 1. The number of nitrogens with zero attached hydrogens (tertiary/aromatic N) is 1. The van der Waals surface area contributed by atoms with E-state index in [0.29, 0.717) is 6.04 Å². The highest BCUT2D eigenvalue weighted by Crippen LogP contribution is 2.30. The van der Waals surface area contributed by atoms with E-state index < -0.39 is 0 Å². The summed E-state index contributed by atoms with van der Waals surface area (Å²) in [6.07, 6.45) is 6.39. The molecule has 1 saturated heterocycles. The van der Waals surface area contributed by atoms with Crippen molar-refractivity contribution in [2.45, 2.75) is 39.2 Å². The Labute approximate surface area is 115 Å². The normalized spacial score (nSPS) is 19.1. The van der Waals surface area contributed by atoms with E-state index in [1.165, 1.54) is 47.8 Å². The number of rotatable bonds is 4. The molecule has 1 aromatic heterocycles. The zero-order valence-corrected chi connectivity index (χ0v) is 12.5. The highest BCUT2D eigenvalue weighted by Gasteiger charge is 2.12. The molecule has 1 aliphatic rings. The second kappa shape index (κ2) is 6.39. The topological polar surface area (TPSA) is 15.3 Å². The maximum atomic E-state index is 3.28. The van der Waals surface area contributed by atoms with E-state index in [2.05, 4.69) is 42.3 Å². The fourth-order valence-electron chi connectivity index (χ4n) is 2.28. The molecule has 0 aliphatic carbocycles. The van der Waals surface area contributed by atoms with Gasteiger partial charge in [0.25, 0.3) is 0 Å². The minimum Gasteiger partial charge on any atom is -0.363 e. The first-order valence-electron chi connectivity index (χ1n) is 6.91. The quantitative estimate of drug-likeness (QED) is 0.891. The van der Waals surface area contributed by atoms with Crippen molar-refractivity contribution in [2.24, 2.45) is 0 Å². The van der Waals surface area contributed by atoms with Gasteiger partial charge < -0.3 is 10.2 Å². The molecule has 1 unspecified atom stereocenters. The summed E-state index contributed by atoms with van der Waals surface area (Å²) in [5.74, 6) is 0. The first-order valence-corrected chi connectivity index (χ1v) is 7.72. The van der Waals surface area contributed by atoms with Crippen molar-refractivity contribution in [1.82, 2.24) is 5.32 Å². The average Bonchev–Trinajstić information content (AvgIpc) is 2.87. The molecule has 0 aromatic carbocycles. The first kappa shape index (κ1) is 13.6. The molecule has 1 N–H and O–H groups in total. The number of hydrogen-bond acceptors (Lipinski definition) is 3. The van der Waals surface area contributed by atoms with Gasteiger partial charge >= 0.3 is 0 Å². The van der Waals surface area contributed by atoms with Crippen LogP contribution in [0.1, 0.15) is 38.0 Å². The van der Waals surface area contributed by atoms with Crippen LogP contribution in [0, 0.1) is 0 Å². The fraction of sp³-hybridized carbons (Fsp3) is 0.600. The van der Waals surface area contributed by atoms with Crippen molar-refractivity contribution in [3.05, 3.63) is 22.6 Å². The summed E-state index contributed by atoms with van der Waals surface area (Å²) < 4.78 is 0. The Morgan fingerprint density at radius 2 is 2.06 bits per heavy atom. The summed E-state index contributed by atoms with van der Waals surface area (Å²) in [7, 11) is 2.01. The van der Waals surface area contributed by atoms with Gasteiger partial charge in [-0.25, -0.2) is 0 Å². The molecule has 0 bridgehead atoms.